The van der Waals surface area contributed by atoms with E-state index < -0.39 is 0 Å². The summed E-state index contributed by atoms with van der Waals surface area (Å²) in [5, 5.41) is 3.04. The molecule has 0 heterocycles. The first-order valence-electron chi connectivity index (χ1n) is 9.71. The van der Waals surface area contributed by atoms with Crippen molar-refractivity contribution >= 4 is 5.91 Å². The number of benzene rings is 2. The number of nitrogens with one attached hydrogen (secondary N) is 1. The fourth-order valence-corrected chi connectivity index (χ4v) is 2.91. The van der Waals surface area contributed by atoms with Gasteiger partial charge in [-0.25, -0.2) is 0 Å². The molecule has 0 spiro atoms. The third kappa shape index (κ3) is 6.02. The van der Waals surface area contributed by atoms with E-state index in [1.54, 1.807) is 6.07 Å². The Labute approximate surface area is 162 Å². The van der Waals surface area contributed by atoms with Gasteiger partial charge in [0.15, 0.2) is 0 Å². The van der Waals surface area contributed by atoms with Crippen LogP contribution in [0, 0.1) is 13.8 Å². The first-order chi connectivity index (χ1) is 12.9. The SMILES string of the molecule is CCCC(C)NC(=O)c1ccc(OCC)c(COc2ccc(C)c(C)c2)c1. The third-order valence-electron chi connectivity index (χ3n) is 4.59. The van der Waals surface area contributed by atoms with Gasteiger partial charge in [-0.15, -0.1) is 0 Å². The summed E-state index contributed by atoms with van der Waals surface area (Å²) in [6, 6.07) is 11.7. The summed E-state index contributed by atoms with van der Waals surface area (Å²) in [5.41, 5.74) is 3.92. The van der Waals surface area contributed by atoms with E-state index in [1.807, 2.05) is 44.2 Å². The first-order valence-corrected chi connectivity index (χ1v) is 9.71. The van der Waals surface area contributed by atoms with Gasteiger partial charge in [0.2, 0.25) is 0 Å². The van der Waals surface area contributed by atoms with Crippen LogP contribution in [0.4, 0.5) is 0 Å². The van der Waals surface area contributed by atoms with Crippen molar-refractivity contribution in [3.8, 4) is 11.5 Å². The molecule has 0 aliphatic rings. The predicted octanol–water partition coefficient (Wildman–Crippen LogP) is 5.20. The average Bonchev–Trinajstić information content (AvgIpc) is 2.64. The maximum atomic E-state index is 12.5. The van der Waals surface area contributed by atoms with Crippen molar-refractivity contribution in [2.45, 2.75) is 60.1 Å². The summed E-state index contributed by atoms with van der Waals surface area (Å²) >= 11 is 0. The molecule has 1 atom stereocenters. The Morgan fingerprint density at radius 3 is 2.48 bits per heavy atom. The van der Waals surface area contributed by atoms with E-state index in [-0.39, 0.29) is 11.9 Å². The van der Waals surface area contributed by atoms with E-state index in [9.17, 15) is 4.79 Å². The van der Waals surface area contributed by atoms with E-state index in [4.69, 9.17) is 9.47 Å². The Morgan fingerprint density at radius 2 is 1.81 bits per heavy atom. The second kappa shape index (κ2) is 10.0. The van der Waals surface area contributed by atoms with Gasteiger partial charge in [-0.05, 0) is 75.6 Å². The van der Waals surface area contributed by atoms with Crippen LogP contribution in [0.1, 0.15) is 60.7 Å². The highest BCUT2D eigenvalue weighted by Gasteiger charge is 2.13. The van der Waals surface area contributed by atoms with Crippen LogP contribution in [-0.2, 0) is 6.61 Å². The molecule has 0 aliphatic carbocycles. The van der Waals surface area contributed by atoms with Crippen molar-refractivity contribution in [1.82, 2.24) is 5.32 Å². The van der Waals surface area contributed by atoms with Crippen LogP contribution in [0.3, 0.4) is 0 Å². The molecule has 1 amide bonds. The Hall–Kier alpha value is -2.49. The van der Waals surface area contributed by atoms with Gasteiger partial charge in [0.25, 0.3) is 5.91 Å². The van der Waals surface area contributed by atoms with E-state index in [1.165, 1.54) is 11.1 Å². The number of carbonyl (C=O) groups is 1. The fourth-order valence-electron chi connectivity index (χ4n) is 2.91. The van der Waals surface area contributed by atoms with Crippen molar-refractivity contribution in [2.75, 3.05) is 6.61 Å². The summed E-state index contributed by atoms with van der Waals surface area (Å²) < 4.78 is 11.7. The van der Waals surface area contributed by atoms with Crippen LogP contribution in [-0.4, -0.2) is 18.6 Å². The lowest BCUT2D eigenvalue weighted by Gasteiger charge is -2.16. The first kappa shape index (κ1) is 20.8. The lowest BCUT2D eigenvalue weighted by atomic mass is 10.1. The molecular formula is C23H31NO3. The predicted molar refractivity (Wildman–Crippen MR) is 110 cm³/mol. The molecule has 2 aromatic rings. The Bertz CT molecular complexity index is 770. The van der Waals surface area contributed by atoms with Crippen molar-refractivity contribution in [1.29, 1.82) is 0 Å². The summed E-state index contributed by atoms with van der Waals surface area (Å²) in [6.07, 6.45) is 2.01. The zero-order chi connectivity index (χ0) is 19.8. The molecular weight excluding hydrogens is 338 g/mol. The van der Waals surface area contributed by atoms with Crippen LogP contribution < -0.4 is 14.8 Å². The molecule has 0 fully saturated rings. The van der Waals surface area contributed by atoms with Crippen molar-refractivity contribution < 1.29 is 14.3 Å². The molecule has 0 saturated carbocycles. The largest absolute Gasteiger partial charge is 0.493 e. The van der Waals surface area contributed by atoms with E-state index in [2.05, 4.69) is 26.1 Å². The smallest absolute Gasteiger partial charge is 0.251 e. The number of aryl methyl sites for hydroxylation is 2. The summed E-state index contributed by atoms with van der Waals surface area (Å²) in [6.45, 7) is 11.1. The number of hydrogen-bond acceptors (Lipinski definition) is 3. The molecule has 4 nitrogen and oxygen atoms in total. The highest BCUT2D eigenvalue weighted by Crippen LogP contribution is 2.24. The van der Waals surface area contributed by atoms with E-state index in [0.717, 1.165) is 29.9 Å². The third-order valence-corrected chi connectivity index (χ3v) is 4.59. The van der Waals surface area contributed by atoms with Crippen LogP contribution in [0.25, 0.3) is 0 Å². The minimum absolute atomic E-state index is 0.0635. The fraction of sp³-hybridized carbons (Fsp3) is 0.435. The van der Waals surface area contributed by atoms with Crippen molar-refractivity contribution in [3.05, 3.63) is 58.7 Å². The van der Waals surface area contributed by atoms with Gasteiger partial charge in [-0.1, -0.05) is 19.4 Å². The number of rotatable bonds is 9. The Morgan fingerprint density at radius 1 is 1.04 bits per heavy atom. The van der Waals surface area contributed by atoms with E-state index >= 15 is 0 Å². The molecule has 0 saturated heterocycles. The molecule has 4 heteroatoms. The van der Waals surface area contributed by atoms with Crippen LogP contribution >= 0.6 is 0 Å². The lowest BCUT2D eigenvalue weighted by molar-refractivity contribution is 0.0938. The highest BCUT2D eigenvalue weighted by molar-refractivity contribution is 5.94. The topological polar surface area (TPSA) is 47.6 Å². The molecule has 146 valence electrons. The number of hydrogen-bond donors (Lipinski definition) is 1. The zero-order valence-corrected chi connectivity index (χ0v) is 17.1. The van der Waals surface area contributed by atoms with Gasteiger partial charge in [-0.2, -0.15) is 0 Å². The molecule has 0 aliphatic heterocycles. The molecule has 1 unspecified atom stereocenters. The second-order valence-corrected chi connectivity index (χ2v) is 6.95. The van der Waals surface area contributed by atoms with Gasteiger partial charge < -0.3 is 14.8 Å². The van der Waals surface area contributed by atoms with Gasteiger partial charge in [0.05, 0.1) is 6.61 Å². The zero-order valence-electron chi connectivity index (χ0n) is 17.1. The molecule has 2 rings (SSSR count). The quantitative estimate of drug-likeness (QED) is 0.661. The van der Waals surface area contributed by atoms with Crippen LogP contribution in [0.15, 0.2) is 36.4 Å². The molecule has 0 radical (unpaired) electrons. The minimum atomic E-state index is -0.0635. The number of amides is 1. The Kier molecular flexibility index (Phi) is 7.71. The number of ether oxygens (including phenoxy) is 2. The molecule has 27 heavy (non-hydrogen) atoms. The maximum absolute atomic E-state index is 12.5. The normalized spacial score (nSPS) is 11.7. The van der Waals surface area contributed by atoms with Gasteiger partial charge in [0, 0.05) is 17.2 Å². The molecule has 0 aromatic heterocycles. The average molecular weight is 370 g/mol. The highest BCUT2D eigenvalue weighted by atomic mass is 16.5. The summed E-state index contributed by atoms with van der Waals surface area (Å²) in [4.78, 5) is 12.5. The van der Waals surface area contributed by atoms with Gasteiger partial charge in [-0.3, -0.25) is 4.79 Å². The summed E-state index contributed by atoms with van der Waals surface area (Å²) in [7, 11) is 0. The number of carbonyl (C=O) groups excluding carboxylic acids is 1. The Balaban J connectivity index is 2.16. The molecule has 0 bridgehead atoms. The summed E-state index contributed by atoms with van der Waals surface area (Å²) in [5.74, 6) is 1.50. The monoisotopic (exact) mass is 369 g/mol. The lowest BCUT2D eigenvalue weighted by Crippen LogP contribution is -2.32. The van der Waals surface area contributed by atoms with Crippen LogP contribution in [0.5, 0.6) is 11.5 Å². The molecule has 2 aromatic carbocycles. The van der Waals surface area contributed by atoms with Crippen molar-refractivity contribution in [3.63, 3.8) is 0 Å². The van der Waals surface area contributed by atoms with Gasteiger partial charge in [0.1, 0.15) is 18.1 Å². The van der Waals surface area contributed by atoms with E-state index in [0.29, 0.717) is 18.8 Å². The second-order valence-electron chi connectivity index (χ2n) is 6.95. The standard InChI is InChI=1S/C23H31NO3/c1-6-8-18(5)24-23(25)19-10-12-22(26-7-2)20(14-19)15-27-21-11-9-16(3)17(4)13-21/h9-14,18H,6-8,15H2,1-5H3,(H,24,25). The maximum Gasteiger partial charge on any atom is 0.251 e. The van der Waals surface area contributed by atoms with Crippen LogP contribution in [0.2, 0.25) is 0 Å². The van der Waals surface area contributed by atoms with Crippen molar-refractivity contribution in [2.24, 2.45) is 0 Å². The van der Waals surface area contributed by atoms with Gasteiger partial charge >= 0.3 is 0 Å². The minimum Gasteiger partial charge on any atom is -0.493 e. The molecule has 1 N–H and O–H groups in total.